The number of ether oxygens (including phenoxy) is 1. The van der Waals surface area contributed by atoms with Crippen molar-refractivity contribution in [3.63, 3.8) is 0 Å². The molecule has 1 heterocycles. The Balaban J connectivity index is 2.22. The molecular formula is C13H16BrN3O2. The number of hydrogen-bond donors (Lipinski definition) is 1. The van der Waals surface area contributed by atoms with Crippen molar-refractivity contribution < 1.29 is 9.15 Å². The van der Waals surface area contributed by atoms with Crippen LogP contribution in [0.1, 0.15) is 19.7 Å². The summed E-state index contributed by atoms with van der Waals surface area (Å²) >= 11 is 3.40. The lowest BCUT2D eigenvalue weighted by Gasteiger charge is -2.05. The zero-order valence-corrected chi connectivity index (χ0v) is 12.7. The van der Waals surface area contributed by atoms with Gasteiger partial charge in [0, 0.05) is 10.5 Å². The summed E-state index contributed by atoms with van der Waals surface area (Å²) in [7, 11) is 1.61. The minimum atomic E-state index is 0.373. The van der Waals surface area contributed by atoms with Crippen molar-refractivity contribution in [3.8, 4) is 17.2 Å². The molecule has 0 radical (unpaired) electrons. The van der Waals surface area contributed by atoms with Gasteiger partial charge in [0.05, 0.1) is 19.2 Å². The average molecular weight is 326 g/mol. The summed E-state index contributed by atoms with van der Waals surface area (Å²) < 4.78 is 11.9. The van der Waals surface area contributed by atoms with Crippen LogP contribution in [-0.4, -0.2) is 23.3 Å². The summed E-state index contributed by atoms with van der Waals surface area (Å²) in [6.07, 6.45) is 0. The van der Waals surface area contributed by atoms with E-state index in [1.807, 2.05) is 18.2 Å². The SMILES string of the molecule is COc1cc(Br)ccc1-c1nnc(CNC(C)C)o1. The van der Waals surface area contributed by atoms with Gasteiger partial charge in [-0.25, -0.2) is 0 Å². The quantitative estimate of drug-likeness (QED) is 0.915. The lowest BCUT2D eigenvalue weighted by molar-refractivity contribution is 0.412. The largest absolute Gasteiger partial charge is 0.496 e. The van der Waals surface area contributed by atoms with E-state index in [9.17, 15) is 0 Å². The fourth-order valence-electron chi connectivity index (χ4n) is 1.57. The fraction of sp³-hybridized carbons (Fsp3) is 0.385. The van der Waals surface area contributed by atoms with E-state index in [0.717, 1.165) is 10.0 Å². The lowest BCUT2D eigenvalue weighted by atomic mass is 10.2. The van der Waals surface area contributed by atoms with Crippen LogP contribution in [-0.2, 0) is 6.54 Å². The topological polar surface area (TPSA) is 60.2 Å². The summed E-state index contributed by atoms with van der Waals surface area (Å²) in [5, 5.41) is 11.3. The highest BCUT2D eigenvalue weighted by Gasteiger charge is 2.13. The molecule has 1 aromatic carbocycles. The first-order valence-electron chi connectivity index (χ1n) is 6.00. The van der Waals surface area contributed by atoms with Crippen molar-refractivity contribution in [1.29, 1.82) is 0 Å². The van der Waals surface area contributed by atoms with Crippen LogP contribution in [0.4, 0.5) is 0 Å². The Kier molecular flexibility index (Phi) is 4.55. The zero-order chi connectivity index (χ0) is 13.8. The van der Waals surface area contributed by atoms with Gasteiger partial charge in [0.2, 0.25) is 5.89 Å². The second-order valence-electron chi connectivity index (χ2n) is 4.38. The Morgan fingerprint density at radius 1 is 1.37 bits per heavy atom. The summed E-state index contributed by atoms with van der Waals surface area (Å²) in [6.45, 7) is 4.69. The molecule has 0 bridgehead atoms. The van der Waals surface area contributed by atoms with Gasteiger partial charge in [-0.3, -0.25) is 0 Å². The fourth-order valence-corrected chi connectivity index (χ4v) is 1.91. The number of nitrogens with zero attached hydrogens (tertiary/aromatic N) is 2. The molecule has 0 saturated heterocycles. The first-order chi connectivity index (χ1) is 9.10. The molecule has 102 valence electrons. The molecule has 0 unspecified atom stereocenters. The number of nitrogens with one attached hydrogen (secondary N) is 1. The molecule has 0 spiro atoms. The second kappa shape index (κ2) is 6.16. The predicted molar refractivity (Wildman–Crippen MR) is 76.0 cm³/mol. The standard InChI is InChI=1S/C13H16BrN3O2/c1-8(2)15-7-12-16-17-13(19-12)10-5-4-9(14)6-11(10)18-3/h4-6,8,15H,7H2,1-3H3. The Hall–Kier alpha value is -1.40. The second-order valence-corrected chi connectivity index (χ2v) is 5.30. The van der Waals surface area contributed by atoms with Gasteiger partial charge in [-0.05, 0) is 18.2 Å². The maximum absolute atomic E-state index is 5.62. The summed E-state index contributed by atoms with van der Waals surface area (Å²) in [6, 6.07) is 6.04. The van der Waals surface area contributed by atoms with Gasteiger partial charge in [-0.15, -0.1) is 10.2 Å². The number of hydrogen-bond acceptors (Lipinski definition) is 5. The number of benzene rings is 1. The van der Waals surface area contributed by atoms with Crippen molar-refractivity contribution >= 4 is 15.9 Å². The molecule has 0 aliphatic rings. The van der Waals surface area contributed by atoms with Crippen LogP contribution in [0.2, 0.25) is 0 Å². The van der Waals surface area contributed by atoms with Gasteiger partial charge in [-0.1, -0.05) is 29.8 Å². The van der Waals surface area contributed by atoms with E-state index in [0.29, 0.717) is 30.1 Å². The third kappa shape index (κ3) is 3.54. The van der Waals surface area contributed by atoms with Gasteiger partial charge in [0.1, 0.15) is 5.75 Å². The van der Waals surface area contributed by atoms with Crippen LogP contribution in [0.3, 0.4) is 0 Å². The molecule has 6 heteroatoms. The molecule has 0 saturated carbocycles. The minimum absolute atomic E-state index is 0.373. The first kappa shape index (κ1) is 14.0. The van der Waals surface area contributed by atoms with Crippen LogP contribution in [0.15, 0.2) is 27.1 Å². The highest BCUT2D eigenvalue weighted by molar-refractivity contribution is 9.10. The Labute approximate surface area is 120 Å². The van der Waals surface area contributed by atoms with Crippen molar-refractivity contribution in [2.24, 2.45) is 0 Å². The molecule has 0 amide bonds. The number of methoxy groups -OCH3 is 1. The maximum Gasteiger partial charge on any atom is 0.251 e. The molecule has 2 aromatic rings. The van der Waals surface area contributed by atoms with E-state index in [1.54, 1.807) is 7.11 Å². The maximum atomic E-state index is 5.62. The van der Waals surface area contributed by atoms with Gasteiger partial charge in [0.15, 0.2) is 0 Å². The summed E-state index contributed by atoms with van der Waals surface area (Å²) in [5.74, 6) is 1.72. The molecule has 19 heavy (non-hydrogen) atoms. The molecule has 1 aromatic heterocycles. The Morgan fingerprint density at radius 3 is 2.84 bits per heavy atom. The van der Waals surface area contributed by atoms with E-state index in [-0.39, 0.29) is 0 Å². The highest BCUT2D eigenvalue weighted by Crippen LogP contribution is 2.31. The predicted octanol–water partition coefficient (Wildman–Crippen LogP) is 3.01. The van der Waals surface area contributed by atoms with Crippen LogP contribution in [0.5, 0.6) is 5.75 Å². The van der Waals surface area contributed by atoms with E-state index < -0.39 is 0 Å². The van der Waals surface area contributed by atoms with Gasteiger partial charge < -0.3 is 14.5 Å². The smallest absolute Gasteiger partial charge is 0.251 e. The van der Waals surface area contributed by atoms with Crippen LogP contribution < -0.4 is 10.1 Å². The van der Waals surface area contributed by atoms with E-state index in [4.69, 9.17) is 9.15 Å². The Morgan fingerprint density at radius 2 is 2.16 bits per heavy atom. The first-order valence-corrected chi connectivity index (χ1v) is 6.79. The molecule has 0 aliphatic carbocycles. The Bertz CT molecular complexity index is 555. The van der Waals surface area contributed by atoms with Crippen molar-refractivity contribution in [1.82, 2.24) is 15.5 Å². The minimum Gasteiger partial charge on any atom is -0.496 e. The monoisotopic (exact) mass is 325 g/mol. The van der Waals surface area contributed by atoms with E-state index >= 15 is 0 Å². The zero-order valence-electron chi connectivity index (χ0n) is 11.1. The molecular weight excluding hydrogens is 310 g/mol. The molecule has 1 N–H and O–H groups in total. The van der Waals surface area contributed by atoms with Gasteiger partial charge >= 0.3 is 0 Å². The van der Waals surface area contributed by atoms with Crippen LogP contribution in [0, 0.1) is 0 Å². The summed E-state index contributed by atoms with van der Waals surface area (Å²) in [5.41, 5.74) is 0.786. The molecule has 2 rings (SSSR count). The molecule has 0 atom stereocenters. The van der Waals surface area contributed by atoms with E-state index in [2.05, 4.69) is 45.3 Å². The molecule has 0 aliphatic heterocycles. The average Bonchev–Trinajstić information content (AvgIpc) is 2.84. The van der Waals surface area contributed by atoms with Gasteiger partial charge in [0.25, 0.3) is 5.89 Å². The number of halogens is 1. The molecule has 5 nitrogen and oxygen atoms in total. The third-order valence-corrected chi connectivity index (χ3v) is 3.02. The van der Waals surface area contributed by atoms with Gasteiger partial charge in [-0.2, -0.15) is 0 Å². The van der Waals surface area contributed by atoms with Crippen molar-refractivity contribution in [2.75, 3.05) is 7.11 Å². The lowest BCUT2D eigenvalue weighted by Crippen LogP contribution is -2.21. The van der Waals surface area contributed by atoms with E-state index in [1.165, 1.54) is 0 Å². The van der Waals surface area contributed by atoms with Crippen molar-refractivity contribution in [2.45, 2.75) is 26.4 Å². The number of rotatable bonds is 5. The third-order valence-electron chi connectivity index (χ3n) is 2.52. The van der Waals surface area contributed by atoms with Crippen LogP contribution in [0.25, 0.3) is 11.5 Å². The molecule has 0 fully saturated rings. The number of aromatic nitrogens is 2. The summed E-state index contributed by atoms with van der Waals surface area (Å²) in [4.78, 5) is 0. The normalized spacial score (nSPS) is 11.0. The van der Waals surface area contributed by atoms with Crippen LogP contribution >= 0.6 is 15.9 Å². The van der Waals surface area contributed by atoms with Crippen molar-refractivity contribution in [3.05, 3.63) is 28.6 Å². The highest BCUT2D eigenvalue weighted by atomic mass is 79.9.